The molecule has 176 valence electrons. The van der Waals surface area contributed by atoms with Gasteiger partial charge in [0.1, 0.15) is 6.61 Å². The third kappa shape index (κ3) is 8.46. The first-order chi connectivity index (χ1) is 15.3. The number of carbonyl (C=O) groups is 3. The highest BCUT2D eigenvalue weighted by Gasteiger charge is 2.28. The molecule has 0 fully saturated rings. The van der Waals surface area contributed by atoms with Gasteiger partial charge in [0.2, 0.25) is 11.8 Å². The van der Waals surface area contributed by atoms with E-state index >= 15 is 0 Å². The summed E-state index contributed by atoms with van der Waals surface area (Å²) in [5.41, 5.74) is 1.07. The lowest BCUT2D eigenvalue weighted by Gasteiger charge is -2.26. The lowest BCUT2D eigenvalue weighted by molar-refractivity contribution is -0.150. The summed E-state index contributed by atoms with van der Waals surface area (Å²) in [4.78, 5) is 38.0. The van der Waals surface area contributed by atoms with Crippen LogP contribution in [-0.2, 0) is 25.5 Å². The molecule has 3 N–H and O–H groups in total. The highest BCUT2D eigenvalue weighted by Crippen LogP contribution is 2.19. The maximum Gasteiger partial charge on any atom is 0.309 e. The molecule has 0 radical (unpaired) electrons. The second-order valence-electron chi connectivity index (χ2n) is 8.87. The van der Waals surface area contributed by atoms with Gasteiger partial charge in [-0.15, -0.1) is 0 Å². The summed E-state index contributed by atoms with van der Waals surface area (Å²) in [6.45, 7) is 5.55. The molecule has 0 bridgehead atoms. The van der Waals surface area contributed by atoms with Gasteiger partial charge in [0.25, 0.3) is 0 Å². The van der Waals surface area contributed by atoms with Crippen LogP contribution in [-0.4, -0.2) is 48.2 Å². The number of carbonyl (C=O) groups excluding carboxylic acids is 3. The minimum atomic E-state index is -0.541. The Kier molecular flexibility index (Phi) is 10.4. The molecule has 0 unspecified atom stereocenters. The van der Waals surface area contributed by atoms with Gasteiger partial charge in [0.05, 0.1) is 24.5 Å². The van der Waals surface area contributed by atoms with Crippen molar-refractivity contribution in [2.75, 3.05) is 13.2 Å². The molecule has 32 heavy (non-hydrogen) atoms. The largest absolute Gasteiger partial charge is 0.463 e. The molecule has 1 aromatic rings. The van der Waals surface area contributed by atoms with Crippen LogP contribution in [0.3, 0.4) is 0 Å². The fourth-order valence-electron chi connectivity index (χ4n) is 3.56. The van der Waals surface area contributed by atoms with Crippen molar-refractivity contribution < 1.29 is 24.2 Å². The van der Waals surface area contributed by atoms with Crippen molar-refractivity contribution >= 4 is 17.8 Å². The molecule has 0 saturated heterocycles. The minimum Gasteiger partial charge on any atom is -0.463 e. The second-order valence-corrected chi connectivity index (χ2v) is 8.87. The van der Waals surface area contributed by atoms with Gasteiger partial charge in [-0.2, -0.15) is 0 Å². The van der Waals surface area contributed by atoms with Crippen LogP contribution in [0.1, 0.15) is 45.6 Å². The first kappa shape index (κ1) is 25.6. The van der Waals surface area contributed by atoms with E-state index in [2.05, 4.69) is 10.6 Å². The first-order valence-corrected chi connectivity index (χ1v) is 11.4. The van der Waals surface area contributed by atoms with Gasteiger partial charge in [0, 0.05) is 12.5 Å². The van der Waals surface area contributed by atoms with Crippen molar-refractivity contribution in [3.05, 3.63) is 48.0 Å². The number of ether oxygens (including phenoxy) is 1. The molecule has 7 nitrogen and oxygen atoms in total. The van der Waals surface area contributed by atoms with E-state index in [9.17, 15) is 14.4 Å². The number of cyclic esters (lactones) is 1. The first-order valence-electron chi connectivity index (χ1n) is 11.4. The fourth-order valence-corrected chi connectivity index (χ4v) is 3.56. The van der Waals surface area contributed by atoms with Crippen LogP contribution in [0.5, 0.6) is 0 Å². The molecule has 1 heterocycles. The van der Waals surface area contributed by atoms with Crippen LogP contribution < -0.4 is 10.6 Å². The van der Waals surface area contributed by atoms with E-state index in [0.29, 0.717) is 19.3 Å². The number of rotatable bonds is 7. The number of allylic oxidation sites excluding steroid dienone is 2. The Hall–Kier alpha value is -2.67. The summed E-state index contributed by atoms with van der Waals surface area (Å²) in [5.74, 6) is -1.58. The predicted octanol–water partition coefficient (Wildman–Crippen LogP) is 2.38. The van der Waals surface area contributed by atoms with Gasteiger partial charge < -0.3 is 20.5 Å². The van der Waals surface area contributed by atoms with Gasteiger partial charge in [0.15, 0.2) is 0 Å². The molecule has 0 aromatic heterocycles. The molecule has 7 heteroatoms. The van der Waals surface area contributed by atoms with E-state index < -0.39 is 5.92 Å². The Morgan fingerprint density at radius 1 is 1.12 bits per heavy atom. The lowest BCUT2D eigenvalue weighted by atomic mass is 9.93. The zero-order valence-corrected chi connectivity index (χ0v) is 19.3. The van der Waals surface area contributed by atoms with Crippen molar-refractivity contribution in [1.82, 2.24) is 10.6 Å². The molecule has 1 aliphatic rings. The maximum atomic E-state index is 12.9. The normalized spacial score (nSPS) is 23.5. The van der Waals surface area contributed by atoms with E-state index in [1.807, 2.05) is 56.3 Å². The maximum absolute atomic E-state index is 12.9. The van der Waals surface area contributed by atoms with Crippen molar-refractivity contribution in [2.24, 2.45) is 17.8 Å². The number of benzene rings is 1. The highest BCUT2D eigenvalue weighted by molar-refractivity contribution is 5.86. The Morgan fingerprint density at radius 3 is 2.41 bits per heavy atom. The fraction of sp³-hybridized carbons (Fsp3) is 0.560. The number of hydrogen-bond acceptors (Lipinski definition) is 5. The van der Waals surface area contributed by atoms with Gasteiger partial charge >= 0.3 is 5.97 Å². The number of aliphatic hydroxyl groups is 1. The average Bonchev–Trinajstić information content (AvgIpc) is 2.76. The van der Waals surface area contributed by atoms with Crippen LogP contribution in [0.2, 0.25) is 0 Å². The average molecular weight is 445 g/mol. The zero-order valence-electron chi connectivity index (χ0n) is 19.3. The van der Waals surface area contributed by atoms with Crippen molar-refractivity contribution in [1.29, 1.82) is 0 Å². The van der Waals surface area contributed by atoms with Crippen LogP contribution in [0.4, 0.5) is 0 Å². The molecule has 1 aromatic carbocycles. The van der Waals surface area contributed by atoms with E-state index in [0.717, 1.165) is 5.56 Å². The van der Waals surface area contributed by atoms with Crippen LogP contribution in [0.15, 0.2) is 42.5 Å². The minimum absolute atomic E-state index is 0.0263. The van der Waals surface area contributed by atoms with Gasteiger partial charge in [-0.1, -0.05) is 56.3 Å². The number of amides is 2. The van der Waals surface area contributed by atoms with E-state index in [4.69, 9.17) is 9.84 Å². The third-order valence-electron chi connectivity index (χ3n) is 5.69. The summed E-state index contributed by atoms with van der Waals surface area (Å²) in [5, 5.41) is 14.8. The van der Waals surface area contributed by atoms with E-state index in [-0.39, 0.29) is 61.3 Å². The van der Waals surface area contributed by atoms with Crippen molar-refractivity contribution in [2.45, 2.75) is 58.5 Å². The van der Waals surface area contributed by atoms with Gasteiger partial charge in [-0.25, -0.2) is 0 Å². The summed E-state index contributed by atoms with van der Waals surface area (Å²) < 4.78 is 5.61. The summed E-state index contributed by atoms with van der Waals surface area (Å²) in [6, 6.07) is 9.12. The van der Waals surface area contributed by atoms with Crippen molar-refractivity contribution in [3.8, 4) is 0 Å². The monoisotopic (exact) mass is 444 g/mol. The highest BCUT2D eigenvalue weighted by atomic mass is 16.5. The molecule has 0 spiro atoms. The van der Waals surface area contributed by atoms with Gasteiger partial charge in [-0.05, 0) is 37.7 Å². The Balaban J connectivity index is 2.16. The lowest BCUT2D eigenvalue weighted by Crippen LogP contribution is -2.46. The molecular formula is C25H36N2O5. The Labute approximate surface area is 190 Å². The molecule has 2 amide bonds. The van der Waals surface area contributed by atoms with E-state index in [1.54, 1.807) is 6.92 Å². The molecule has 1 aliphatic heterocycles. The number of nitrogens with one attached hydrogen (secondary N) is 2. The summed E-state index contributed by atoms with van der Waals surface area (Å²) in [6.07, 6.45) is 5.26. The number of esters is 1. The standard InChI is InChI=1S/C25H36N2O5/c1-17(2)22-16-32-25(31)21(13-19-9-5-4-6-10-19)12-8-7-11-20(24(30)27-22)14-23(29)26-18(3)15-28/h4-10,17-18,20-22,28H,11-16H2,1-3H3,(H,26,29)(H,27,30)/t18-,20+,21+,22+/m0/s1. The molecule has 0 aliphatic carbocycles. The smallest absolute Gasteiger partial charge is 0.309 e. The summed E-state index contributed by atoms with van der Waals surface area (Å²) >= 11 is 0. The molecular weight excluding hydrogens is 408 g/mol. The quantitative estimate of drug-likeness (QED) is 0.442. The van der Waals surface area contributed by atoms with Crippen LogP contribution in [0, 0.1) is 17.8 Å². The van der Waals surface area contributed by atoms with Crippen LogP contribution in [0.25, 0.3) is 0 Å². The topological polar surface area (TPSA) is 105 Å². The number of aliphatic hydroxyl groups excluding tert-OH is 1. The predicted molar refractivity (Wildman–Crippen MR) is 123 cm³/mol. The Morgan fingerprint density at radius 2 is 1.78 bits per heavy atom. The summed E-state index contributed by atoms with van der Waals surface area (Å²) in [7, 11) is 0. The second kappa shape index (κ2) is 13.0. The van der Waals surface area contributed by atoms with Crippen LogP contribution >= 0.6 is 0 Å². The SMILES string of the molecule is CC(C)[C@H]1COC(=O)[C@@H](Cc2ccccc2)CC=CC[C@H](CC(=O)N[C@@H](C)CO)C(=O)N1. The van der Waals surface area contributed by atoms with Crippen molar-refractivity contribution in [3.63, 3.8) is 0 Å². The van der Waals surface area contributed by atoms with Gasteiger partial charge in [-0.3, -0.25) is 14.4 Å². The zero-order chi connectivity index (χ0) is 23.5. The molecule has 0 saturated carbocycles. The van der Waals surface area contributed by atoms with E-state index in [1.165, 1.54) is 0 Å². The number of hydrogen-bond donors (Lipinski definition) is 3. The molecule has 2 rings (SSSR count). The Bertz CT molecular complexity index is 778. The third-order valence-corrected chi connectivity index (χ3v) is 5.69. The molecule has 4 atom stereocenters.